The van der Waals surface area contributed by atoms with Crippen molar-refractivity contribution in [1.82, 2.24) is 10.3 Å². The van der Waals surface area contributed by atoms with Crippen molar-refractivity contribution < 1.29 is 9.47 Å². The summed E-state index contributed by atoms with van der Waals surface area (Å²) in [6, 6.07) is 9.81. The van der Waals surface area contributed by atoms with Crippen LogP contribution < -0.4 is 20.1 Å². The van der Waals surface area contributed by atoms with Gasteiger partial charge in [-0.25, -0.2) is 4.99 Å². The van der Waals surface area contributed by atoms with Gasteiger partial charge >= 0.3 is 0 Å². The molecule has 1 aromatic heterocycles. The summed E-state index contributed by atoms with van der Waals surface area (Å²) in [4.78, 5) is 9.02. The Bertz CT molecular complexity index is 746. The zero-order valence-electron chi connectivity index (χ0n) is 14.7. The molecule has 2 N–H and O–H groups in total. The fraction of sp³-hybridized carbons (Fsp3) is 0.368. The molecule has 0 aliphatic carbocycles. The Kier molecular flexibility index (Phi) is 5.72. The van der Waals surface area contributed by atoms with E-state index in [-0.39, 0.29) is 0 Å². The standard InChI is InChI=1S/C19H24N4O2/c1-3-20-19(22-13-16-14(2)6-4-9-21-16)23-15-7-8-17-18(12-15)25-11-5-10-24-17/h4,6-9,12H,3,5,10-11,13H2,1-2H3,(H2,20,22,23). The van der Waals surface area contributed by atoms with E-state index in [9.17, 15) is 0 Å². The summed E-state index contributed by atoms with van der Waals surface area (Å²) < 4.78 is 11.4. The lowest BCUT2D eigenvalue weighted by atomic mass is 10.2. The second kappa shape index (κ2) is 8.37. The van der Waals surface area contributed by atoms with Gasteiger partial charge in [0.25, 0.3) is 0 Å². The Labute approximate surface area is 148 Å². The Balaban J connectivity index is 1.74. The van der Waals surface area contributed by atoms with Crippen LogP contribution in [0.2, 0.25) is 0 Å². The summed E-state index contributed by atoms with van der Waals surface area (Å²) >= 11 is 0. The van der Waals surface area contributed by atoms with Crippen LogP contribution in [-0.2, 0) is 6.54 Å². The molecular weight excluding hydrogens is 316 g/mol. The van der Waals surface area contributed by atoms with Crippen LogP contribution in [0.25, 0.3) is 0 Å². The van der Waals surface area contributed by atoms with Crippen LogP contribution in [0.4, 0.5) is 5.69 Å². The van der Waals surface area contributed by atoms with Crippen molar-refractivity contribution in [3.63, 3.8) is 0 Å². The maximum absolute atomic E-state index is 5.74. The third kappa shape index (κ3) is 4.62. The molecule has 1 aliphatic heterocycles. The van der Waals surface area contributed by atoms with E-state index in [2.05, 4.69) is 20.6 Å². The number of nitrogens with zero attached hydrogens (tertiary/aromatic N) is 2. The van der Waals surface area contributed by atoms with Gasteiger partial charge in [-0.3, -0.25) is 4.98 Å². The number of hydrogen-bond donors (Lipinski definition) is 2. The third-order valence-electron chi connectivity index (χ3n) is 3.86. The first-order valence-electron chi connectivity index (χ1n) is 8.61. The number of anilines is 1. The van der Waals surface area contributed by atoms with E-state index < -0.39 is 0 Å². The first-order chi connectivity index (χ1) is 12.3. The number of benzene rings is 1. The molecule has 132 valence electrons. The number of aryl methyl sites for hydroxylation is 1. The van der Waals surface area contributed by atoms with Crippen molar-refractivity contribution in [2.45, 2.75) is 26.8 Å². The molecule has 0 fully saturated rings. The van der Waals surface area contributed by atoms with E-state index in [0.717, 1.165) is 41.4 Å². The number of nitrogens with one attached hydrogen (secondary N) is 2. The zero-order valence-corrected chi connectivity index (χ0v) is 14.7. The van der Waals surface area contributed by atoms with Gasteiger partial charge in [-0.1, -0.05) is 6.07 Å². The molecule has 0 spiro atoms. The molecule has 0 bridgehead atoms. The predicted molar refractivity (Wildman–Crippen MR) is 99.5 cm³/mol. The number of aromatic nitrogens is 1. The van der Waals surface area contributed by atoms with E-state index in [0.29, 0.717) is 25.7 Å². The van der Waals surface area contributed by atoms with Crippen LogP contribution >= 0.6 is 0 Å². The fourth-order valence-corrected chi connectivity index (χ4v) is 2.52. The Morgan fingerprint density at radius 3 is 2.84 bits per heavy atom. The van der Waals surface area contributed by atoms with Gasteiger partial charge in [-0.05, 0) is 37.6 Å². The van der Waals surface area contributed by atoms with Gasteiger partial charge in [0.15, 0.2) is 17.5 Å². The largest absolute Gasteiger partial charge is 0.490 e. The molecule has 3 rings (SSSR count). The molecule has 1 aliphatic rings. The van der Waals surface area contributed by atoms with Crippen molar-refractivity contribution in [3.05, 3.63) is 47.8 Å². The topological polar surface area (TPSA) is 67.8 Å². The summed E-state index contributed by atoms with van der Waals surface area (Å²) in [5.41, 5.74) is 3.01. The Hall–Kier alpha value is -2.76. The van der Waals surface area contributed by atoms with Crippen LogP contribution in [-0.4, -0.2) is 30.7 Å². The Morgan fingerprint density at radius 1 is 1.20 bits per heavy atom. The molecule has 25 heavy (non-hydrogen) atoms. The number of ether oxygens (including phenoxy) is 2. The van der Waals surface area contributed by atoms with E-state index in [1.54, 1.807) is 6.20 Å². The number of aliphatic imine (C=N–C) groups is 1. The smallest absolute Gasteiger partial charge is 0.196 e. The molecule has 0 atom stereocenters. The Morgan fingerprint density at radius 2 is 2.04 bits per heavy atom. The second-order valence-corrected chi connectivity index (χ2v) is 5.80. The number of fused-ring (bicyclic) bond motifs is 1. The van der Waals surface area contributed by atoms with E-state index in [1.165, 1.54) is 0 Å². The van der Waals surface area contributed by atoms with Crippen molar-refractivity contribution in [2.24, 2.45) is 4.99 Å². The van der Waals surface area contributed by atoms with Gasteiger partial charge < -0.3 is 20.1 Å². The maximum atomic E-state index is 5.74. The average Bonchev–Trinajstić information content (AvgIpc) is 2.86. The lowest BCUT2D eigenvalue weighted by molar-refractivity contribution is 0.297. The van der Waals surface area contributed by atoms with Crippen LogP contribution in [0.5, 0.6) is 11.5 Å². The highest BCUT2D eigenvalue weighted by atomic mass is 16.5. The molecule has 0 saturated heterocycles. The summed E-state index contributed by atoms with van der Waals surface area (Å²) in [5.74, 6) is 2.26. The lowest BCUT2D eigenvalue weighted by Gasteiger charge is -2.14. The van der Waals surface area contributed by atoms with E-state index in [4.69, 9.17) is 9.47 Å². The minimum atomic E-state index is 0.520. The van der Waals surface area contributed by atoms with Gasteiger partial charge in [0.1, 0.15) is 0 Å². The van der Waals surface area contributed by atoms with Gasteiger partial charge in [-0.15, -0.1) is 0 Å². The zero-order chi connectivity index (χ0) is 17.5. The molecule has 6 heteroatoms. The van der Waals surface area contributed by atoms with Crippen molar-refractivity contribution in [2.75, 3.05) is 25.1 Å². The number of pyridine rings is 1. The summed E-state index contributed by atoms with van der Waals surface area (Å²) in [6.45, 7) is 6.74. The molecule has 2 heterocycles. The monoisotopic (exact) mass is 340 g/mol. The SMILES string of the molecule is CCNC(=NCc1ncccc1C)Nc1ccc2c(c1)OCCCO2. The first-order valence-corrected chi connectivity index (χ1v) is 8.61. The van der Waals surface area contributed by atoms with Crippen LogP contribution in [0.15, 0.2) is 41.5 Å². The van der Waals surface area contributed by atoms with Crippen molar-refractivity contribution in [3.8, 4) is 11.5 Å². The molecule has 2 aromatic rings. The van der Waals surface area contributed by atoms with Gasteiger partial charge in [-0.2, -0.15) is 0 Å². The second-order valence-electron chi connectivity index (χ2n) is 5.80. The first kappa shape index (κ1) is 17.1. The molecule has 1 aromatic carbocycles. The highest BCUT2D eigenvalue weighted by Gasteiger charge is 2.11. The van der Waals surface area contributed by atoms with Crippen molar-refractivity contribution in [1.29, 1.82) is 0 Å². The summed E-state index contributed by atoms with van der Waals surface area (Å²) in [5, 5.41) is 6.57. The van der Waals surface area contributed by atoms with Gasteiger partial charge in [0.05, 0.1) is 25.5 Å². The molecule has 0 saturated carbocycles. The number of guanidine groups is 1. The fourth-order valence-electron chi connectivity index (χ4n) is 2.52. The van der Waals surface area contributed by atoms with Crippen LogP contribution in [0, 0.1) is 6.92 Å². The highest BCUT2D eigenvalue weighted by Crippen LogP contribution is 2.32. The van der Waals surface area contributed by atoms with Crippen LogP contribution in [0.3, 0.4) is 0 Å². The normalized spacial score (nSPS) is 13.9. The minimum absolute atomic E-state index is 0.520. The summed E-state index contributed by atoms with van der Waals surface area (Å²) in [7, 11) is 0. The lowest BCUT2D eigenvalue weighted by Crippen LogP contribution is -2.30. The van der Waals surface area contributed by atoms with Gasteiger partial charge in [0, 0.05) is 30.9 Å². The molecule has 0 unspecified atom stereocenters. The van der Waals surface area contributed by atoms with E-state index in [1.807, 2.05) is 44.2 Å². The maximum Gasteiger partial charge on any atom is 0.196 e. The number of hydrogen-bond acceptors (Lipinski definition) is 4. The van der Waals surface area contributed by atoms with E-state index >= 15 is 0 Å². The number of rotatable bonds is 4. The molecule has 0 amide bonds. The molecule has 0 radical (unpaired) electrons. The highest BCUT2D eigenvalue weighted by molar-refractivity contribution is 5.93. The molecular formula is C19H24N4O2. The average molecular weight is 340 g/mol. The quantitative estimate of drug-likeness (QED) is 0.661. The minimum Gasteiger partial charge on any atom is -0.490 e. The van der Waals surface area contributed by atoms with Gasteiger partial charge in [0.2, 0.25) is 0 Å². The summed E-state index contributed by atoms with van der Waals surface area (Å²) in [6.07, 6.45) is 2.69. The predicted octanol–water partition coefficient (Wildman–Crippen LogP) is 3.13. The molecule has 6 nitrogen and oxygen atoms in total. The van der Waals surface area contributed by atoms with Crippen LogP contribution in [0.1, 0.15) is 24.6 Å². The van der Waals surface area contributed by atoms with Crippen molar-refractivity contribution >= 4 is 11.6 Å². The third-order valence-corrected chi connectivity index (χ3v) is 3.86.